The lowest BCUT2D eigenvalue weighted by Gasteiger charge is -2.34. The predicted molar refractivity (Wildman–Crippen MR) is 129 cm³/mol. The zero-order valence-electron chi connectivity index (χ0n) is 18.9. The average Bonchev–Trinajstić information content (AvgIpc) is 3.60. The van der Waals surface area contributed by atoms with Gasteiger partial charge in [-0.25, -0.2) is 4.68 Å². The molecule has 32 heavy (non-hydrogen) atoms. The first kappa shape index (κ1) is 21.4. The van der Waals surface area contributed by atoms with E-state index in [0.717, 1.165) is 60.6 Å². The van der Waals surface area contributed by atoms with E-state index in [1.165, 1.54) is 12.8 Å². The van der Waals surface area contributed by atoms with Crippen LogP contribution in [0.15, 0.2) is 48.5 Å². The average molecular weight is 450 g/mol. The van der Waals surface area contributed by atoms with Gasteiger partial charge >= 0.3 is 0 Å². The molecule has 0 N–H and O–H groups in total. The van der Waals surface area contributed by atoms with E-state index in [1.807, 2.05) is 27.4 Å². The Morgan fingerprint density at radius 3 is 2.28 bits per heavy atom. The summed E-state index contributed by atoms with van der Waals surface area (Å²) in [5.74, 6) is 1.74. The zero-order chi connectivity index (χ0) is 22.1. The summed E-state index contributed by atoms with van der Waals surface area (Å²) in [6.45, 7) is 9.63. The minimum Gasteiger partial charge on any atom is -0.485 e. The molecule has 1 saturated carbocycles. The molecule has 168 valence electrons. The van der Waals surface area contributed by atoms with Crippen LogP contribution < -0.4 is 4.74 Å². The lowest BCUT2D eigenvalue weighted by atomic mass is 10.1. The summed E-state index contributed by atoms with van der Waals surface area (Å²) in [6.07, 6.45) is 2.74. The Morgan fingerprint density at radius 1 is 0.938 bits per heavy atom. The van der Waals surface area contributed by atoms with Crippen LogP contribution in [-0.4, -0.2) is 56.4 Å². The molecule has 0 radical (unpaired) electrons. The molecule has 2 aliphatic rings. The van der Waals surface area contributed by atoms with Gasteiger partial charge in [-0.05, 0) is 62.2 Å². The molecule has 1 aliphatic heterocycles. The molecule has 0 atom stereocenters. The molecule has 2 heterocycles. The van der Waals surface area contributed by atoms with Gasteiger partial charge in [0.1, 0.15) is 12.4 Å². The third-order valence-corrected chi connectivity index (χ3v) is 6.87. The summed E-state index contributed by atoms with van der Waals surface area (Å²) >= 11 is 5.89. The van der Waals surface area contributed by atoms with Gasteiger partial charge in [0.15, 0.2) is 5.82 Å². The molecule has 1 aromatic heterocycles. The van der Waals surface area contributed by atoms with Crippen molar-refractivity contribution < 1.29 is 4.74 Å². The summed E-state index contributed by atoms with van der Waals surface area (Å²) < 4.78 is 11.0. The van der Waals surface area contributed by atoms with Gasteiger partial charge in [0, 0.05) is 37.9 Å². The van der Waals surface area contributed by atoms with E-state index in [1.54, 1.807) is 0 Å². The van der Waals surface area contributed by atoms with Crippen molar-refractivity contribution in [1.82, 2.24) is 24.1 Å². The minimum atomic E-state index is 0.368. The summed E-state index contributed by atoms with van der Waals surface area (Å²) in [5, 5.41) is 4.92. The highest BCUT2D eigenvalue weighted by Crippen LogP contribution is 2.27. The quantitative estimate of drug-likeness (QED) is 0.502. The predicted octanol–water partition coefficient (Wildman–Crippen LogP) is 4.34. The molecule has 7 heteroatoms. The number of rotatable bonds is 7. The van der Waals surface area contributed by atoms with Crippen molar-refractivity contribution >= 4 is 12.2 Å². The third-order valence-electron chi connectivity index (χ3n) is 6.48. The minimum absolute atomic E-state index is 0.368. The standard InChI is InChI=1S/C25H31N5OS/c1-19-7-6-8-20(2)24(19)31-17-23-26-29(25(32)30(23)22-9-4-3-5-10-22)18-27-13-15-28(16-14-27)21-11-12-21/h3-10,21H,11-18H2,1-2H3. The molecular formula is C25H31N5OS. The molecule has 1 saturated heterocycles. The number of hydrogen-bond acceptors (Lipinski definition) is 5. The first-order valence-corrected chi connectivity index (χ1v) is 11.9. The van der Waals surface area contributed by atoms with Crippen LogP contribution in [0.25, 0.3) is 5.69 Å². The zero-order valence-corrected chi connectivity index (χ0v) is 19.7. The molecule has 1 aliphatic carbocycles. The molecule has 5 rings (SSSR count). The van der Waals surface area contributed by atoms with E-state index in [9.17, 15) is 0 Å². The van der Waals surface area contributed by atoms with Crippen molar-refractivity contribution in [3.63, 3.8) is 0 Å². The van der Waals surface area contributed by atoms with Crippen LogP contribution >= 0.6 is 12.2 Å². The normalized spacial score (nSPS) is 17.6. The van der Waals surface area contributed by atoms with E-state index in [4.69, 9.17) is 22.1 Å². The second-order valence-corrected chi connectivity index (χ2v) is 9.27. The number of ether oxygens (including phenoxy) is 1. The van der Waals surface area contributed by atoms with Crippen molar-refractivity contribution in [1.29, 1.82) is 0 Å². The number of aryl methyl sites for hydroxylation is 2. The summed E-state index contributed by atoms with van der Waals surface area (Å²) in [6, 6.07) is 17.3. The van der Waals surface area contributed by atoms with Crippen LogP contribution in [0.5, 0.6) is 5.75 Å². The molecule has 0 unspecified atom stereocenters. The molecule has 0 amide bonds. The fourth-order valence-corrected chi connectivity index (χ4v) is 4.85. The number of nitrogens with zero attached hydrogens (tertiary/aromatic N) is 5. The Balaban J connectivity index is 1.38. The number of piperazine rings is 1. The topological polar surface area (TPSA) is 38.5 Å². The van der Waals surface area contributed by atoms with Crippen LogP contribution in [0.1, 0.15) is 29.8 Å². The van der Waals surface area contributed by atoms with Gasteiger partial charge in [0.25, 0.3) is 0 Å². The van der Waals surface area contributed by atoms with Crippen molar-refractivity contribution in [2.75, 3.05) is 26.2 Å². The molecule has 0 bridgehead atoms. The molecule has 3 aromatic rings. The van der Waals surface area contributed by atoms with Crippen LogP contribution in [0, 0.1) is 18.6 Å². The lowest BCUT2D eigenvalue weighted by Crippen LogP contribution is -2.47. The van der Waals surface area contributed by atoms with Gasteiger partial charge in [-0.1, -0.05) is 36.4 Å². The monoisotopic (exact) mass is 449 g/mol. The molecular weight excluding hydrogens is 418 g/mol. The summed E-state index contributed by atoms with van der Waals surface area (Å²) in [4.78, 5) is 5.08. The second kappa shape index (κ2) is 9.17. The van der Waals surface area contributed by atoms with E-state index in [0.29, 0.717) is 18.0 Å². The van der Waals surface area contributed by atoms with Gasteiger partial charge in [0.05, 0.1) is 6.67 Å². The first-order valence-electron chi connectivity index (χ1n) is 11.5. The van der Waals surface area contributed by atoms with E-state index >= 15 is 0 Å². The largest absolute Gasteiger partial charge is 0.485 e. The van der Waals surface area contributed by atoms with Gasteiger partial charge in [-0.2, -0.15) is 5.10 Å². The fourth-order valence-electron chi connectivity index (χ4n) is 4.54. The highest BCUT2D eigenvalue weighted by molar-refractivity contribution is 7.71. The number of benzene rings is 2. The van der Waals surface area contributed by atoms with Gasteiger partial charge in [0.2, 0.25) is 4.77 Å². The maximum Gasteiger partial charge on any atom is 0.203 e. The highest BCUT2D eigenvalue weighted by Gasteiger charge is 2.31. The third kappa shape index (κ3) is 4.51. The Morgan fingerprint density at radius 2 is 1.62 bits per heavy atom. The molecule has 2 aromatic carbocycles. The number of hydrogen-bond donors (Lipinski definition) is 0. The smallest absolute Gasteiger partial charge is 0.203 e. The van der Waals surface area contributed by atoms with Gasteiger partial charge in [-0.15, -0.1) is 0 Å². The fraction of sp³-hybridized carbons (Fsp3) is 0.440. The van der Waals surface area contributed by atoms with Crippen LogP contribution in [0.3, 0.4) is 0 Å². The van der Waals surface area contributed by atoms with Crippen molar-refractivity contribution in [2.24, 2.45) is 0 Å². The van der Waals surface area contributed by atoms with Crippen LogP contribution in [0.2, 0.25) is 0 Å². The van der Waals surface area contributed by atoms with Gasteiger partial charge < -0.3 is 4.74 Å². The molecule has 2 fully saturated rings. The maximum absolute atomic E-state index is 6.26. The van der Waals surface area contributed by atoms with E-state index < -0.39 is 0 Å². The Kier molecular flexibility index (Phi) is 6.13. The maximum atomic E-state index is 6.26. The van der Waals surface area contributed by atoms with Crippen molar-refractivity contribution in [2.45, 2.75) is 46.0 Å². The first-order chi connectivity index (χ1) is 15.6. The Hall–Kier alpha value is -2.48. The summed E-state index contributed by atoms with van der Waals surface area (Å²) in [7, 11) is 0. The summed E-state index contributed by atoms with van der Waals surface area (Å²) in [5.41, 5.74) is 3.27. The highest BCUT2D eigenvalue weighted by atomic mass is 32.1. The molecule has 6 nitrogen and oxygen atoms in total. The Bertz CT molecular complexity index is 1110. The van der Waals surface area contributed by atoms with E-state index in [-0.39, 0.29) is 0 Å². The lowest BCUT2D eigenvalue weighted by molar-refractivity contribution is 0.0975. The molecule has 0 spiro atoms. The SMILES string of the molecule is Cc1cccc(C)c1OCc1nn(CN2CCN(C3CC3)CC2)c(=S)n1-c1ccccc1. The van der Waals surface area contributed by atoms with E-state index in [2.05, 4.69) is 54.0 Å². The number of para-hydroxylation sites is 2. The second-order valence-electron chi connectivity index (χ2n) is 8.91. The van der Waals surface area contributed by atoms with Crippen LogP contribution in [0.4, 0.5) is 0 Å². The van der Waals surface area contributed by atoms with Crippen molar-refractivity contribution in [3.05, 3.63) is 70.3 Å². The number of aromatic nitrogens is 3. The Labute approximate surface area is 195 Å². The van der Waals surface area contributed by atoms with Gasteiger partial charge in [-0.3, -0.25) is 14.4 Å². The van der Waals surface area contributed by atoms with Crippen LogP contribution in [-0.2, 0) is 13.3 Å². The van der Waals surface area contributed by atoms with Crippen molar-refractivity contribution in [3.8, 4) is 11.4 Å².